The lowest BCUT2D eigenvalue weighted by Gasteiger charge is -2.24. The molecule has 0 bridgehead atoms. The maximum atomic E-state index is 13.7. The standard InChI is InChI=1S/C13H16FN3S/c1-13(6-3-7-18-13)8-17-10-5-2-4-9(14)11(10)16-12(17)15/h2,4-5H,3,6-8H2,1H3,(H2,15,16). The molecule has 3 nitrogen and oxygen atoms in total. The number of rotatable bonds is 2. The van der Waals surface area contributed by atoms with Gasteiger partial charge in [0.2, 0.25) is 5.95 Å². The Morgan fingerprint density at radius 2 is 2.39 bits per heavy atom. The van der Waals surface area contributed by atoms with Crippen LogP contribution in [0.5, 0.6) is 0 Å². The van der Waals surface area contributed by atoms with Crippen molar-refractivity contribution in [2.75, 3.05) is 11.5 Å². The molecule has 2 heterocycles. The Hall–Kier alpha value is -1.23. The highest BCUT2D eigenvalue weighted by Crippen LogP contribution is 2.40. The summed E-state index contributed by atoms with van der Waals surface area (Å²) in [5, 5.41) is 0. The molecule has 0 radical (unpaired) electrons. The van der Waals surface area contributed by atoms with E-state index in [1.807, 2.05) is 22.4 Å². The van der Waals surface area contributed by atoms with E-state index in [1.165, 1.54) is 24.7 Å². The normalized spacial score (nSPS) is 23.9. The average molecular weight is 265 g/mol. The van der Waals surface area contributed by atoms with Gasteiger partial charge in [0.25, 0.3) is 0 Å². The number of para-hydroxylation sites is 1. The zero-order valence-electron chi connectivity index (χ0n) is 10.3. The number of imidazole rings is 1. The number of aromatic nitrogens is 2. The second-order valence-corrected chi connectivity index (χ2v) is 6.75. The molecule has 3 rings (SSSR count). The lowest BCUT2D eigenvalue weighted by atomic mass is 10.1. The molecule has 0 amide bonds. The van der Waals surface area contributed by atoms with Crippen molar-refractivity contribution >= 4 is 28.7 Å². The molecule has 1 aliphatic heterocycles. The van der Waals surface area contributed by atoms with E-state index >= 15 is 0 Å². The minimum absolute atomic E-state index is 0.189. The second-order valence-electron chi connectivity index (χ2n) is 5.07. The SMILES string of the molecule is CC1(Cn2c(N)nc3c(F)cccc32)CCCS1. The van der Waals surface area contributed by atoms with E-state index in [2.05, 4.69) is 11.9 Å². The molecule has 2 N–H and O–H groups in total. The fourth-order valence-electron chi connectivity index (χ4n) is 2.59. The van der Waals surface area contributed by atoms with Crippen LogP contribution >= 0.6 is 11.8 Å². The number of nitrogen functional groups attached to an aromatic ring is 1. The minimum Gasteiger partial charge on any atom is -0.369 e. The van der Waals surface area contributed by atoms with E-state index in [-0.39, 0.29) is 10.6 Å². The van der Waals surface area contributed by atoms with Crippen LogP contribution in [0.2, 0.25) is 0 Å². The number of nitrogens with two attached hydrogens (primary N) is 1. The van der Waals surface area contributed by atoms with Crippen molar-refractivity contribution in [3.05, 3.63) is 24.0 Å². The van der Waals surface area contributed by atoms with Crippen LogP contribution in [0.4, 0.5) is 10.3 Å². The van der Waals surface area contributed by atoms with Gasteiger partial charge < -0.3 is 10.3 Å². The molecule has 18 heavy (non-hydrogen) atoms. The van der Waals surface area contributed by atoms with Crippen molar-refractivity contribution in [2.45, 2.75) is 31.1 Å². The molecule has 0 spiro atoms. The molecule has 1 fully saturated rings. The molecule has 1 atom stereocenters. The number of fused-ring (bicyclic) bond motifs is 1. The third-order valence-corrected chi connectivity index (χ3v) is 5.08. The van der Waals surface area contributed by atoms with E-state index in [0.717, 1.165) is 12.1 Å². The summed E-state index contributed by atoms with van der Waals surface area (Å²) >= 11 is 1.97. The minimum atomic E-state index is -0.304. The van der Waals surface area contributed by atoms with E-state index < -0.39 is 0 Å². The molecule has 96 valence electrons. The highest BCUT2D eigenvalue weighted by molar-refractivity contribution is 8.00. The van der Waals surface area contributed by atoms with Crippen LogP contribution in [0, 0.1) is 5.82 Å². The van der Waals surface area contributed by atoms with Gasteiger partial charge in [0, 0.05) is 11.3 Å². The van der Waals surface area contributed by atoms with E-state index in [0.29, 0.717) is 11.5 Å². The van der Waals surface area contributed by atoms with Crippen LogP contribution in [0.3, 0.4) is 0 Å². The van der Waals surface area contributed by atoms with E-state index in [1.54, 1.807) is 6.07 Å². The van der Waals surface area contributed by atoms with Gasteiger partial charge in [-0.2, -0.15) is 11.8 Å². The van der Waals surface area contributed by atoms with Crippen molar-refractivity contribution in [3.63, 3.8) is 0 Å². The summed E-state index contributed by atoms with van der Waals surface area (Å²) in [4.78, 5) is 4.14. The summed E-state index contributed by atoms with van der Waals surface area (Å²) in [6, 6.07) is 5.01. The van der Waals surface area contributed by atoms with E-state index in [4.69, 9.17) is 5.73 Å². The first-order chi connectivity index (χ1) is 8.59. The van der Waals surface area contributed by atoms with Crippen LogP contribution in [0.1, 0.15) is 19.8 Å². The number of hydrogen-bond acceptors (Lipinski definition) is 3. The number of nitrogens with zero attached hydrogens (tertiary/aromatic N) is 2. The largest absolute Gasteiger partial charge is 0.369 e. The lowest BCUT2D eigenvalue weighted by Crippen LogP contribution is -2.24. The molecule has 5 heteroatoms. The maximum Gasteiger partial charge on any atom is 0.201 e. The Morgan fingerprint density at radius 3 is 3.11 bits per heavy atom. The highest BCUT2D eigenvalue weighted by Gasteiger charge is 2.31. The van der Waals surface area contributed by atoms with Crippen molar-refractivity contribution < 1.29 is 4.39 Å². The smallest absolute Gasteiger partial charge is 0.201 e. The molecular formula is C13H16FN3S. The highest BCUT2D eigenvalue weighted by atomic mass is 32.2. The van der Waals surface area contributed by atoms with Crippen LogP contribution in [0.25, 0.3) is 11.0 Å². The first kappa shape index (κ1) is 11.8. The second kappa shape index (κ2) is 4.16. The third-order valence-electron chi connectivity index (χ3n) is 3.55. The Bertz CT molecular complexity index is 587. The number of anilines is 1. The zero-order chi connectivity index (χ0) is 12.8. The summed E-state index contributed by atoms with van der Waals surface area (Å²) in [5.74, 6) is 1.29. The Balaban J connectivity index is 2.06. The molecule has 1 aromatic heterocycles. The van der Waals surface area contributed by atoms with Crippen molar-refractivity contribution in [3.8, 4) is 0 Å². The van der Waals surface area contributed by atoms with Crippen LogP contribution in [0.15, 0.2) is 18.2 Å². The Kier molecular flexibility index (Phi) is 2.73. The fourth-order valence-corrected chi connectivity index (χ4v) is 3.88. The van der Waals surface area contributed by atoms with Gasteiger partial charge in [0.05, 0.1) is 5.52 Å². The van der Waals surface area contributed by atoms with Gasteiger partial charge in [0.15, 0.2) is 5.82 Å². The number of halogens is 1. The molecule has 0 saturated carbocycles. The summed E-state index contributed by atoms with van der Waals surface area (Å²) in [6.45, 7) is 3.04. The van der Waals surface area contributed by atoms with Crippen molar-refractivity contribution in [1.29, 1.82) is 0 Å². The Labute approximate surface area is 110 Å². The monoisotopic (exact) mass is 265 g/mol. The summed E-state index contributed by atoms with van der Waals surface area (Å²) in [5.41, 5.74) is 7.10. The van der Waals surface area contributed by atoms with Gasteiger partial charge in [-0.05, 0) is 37.7 Å². The van der Waals surface area contributed by atoms with Crippen molar-refractivity contribution in [1.82, 2.24) is 9.55 Å². The number of benzene rings is 1. The van der Waals surface area contributed by atoms with E-state index in [9.17, 15) is 4.39 Å². The number of thioether (sulfide) groups is 1. The van der Waals surface area contributed by atoms with Gasteiger partial charge in [0.1, 0.15) is 5.52 Å². The van der Waals surface area contributed by atoms with Crippen LogP contribution in [-0.2, 0) is 6.54 Å². The van der Waals surface area contributed by atoms with Gasteiger partial charge >= 0.3 is 0 Å². The maximum absolute atomic E-state index is 13.7. The average Bonchev–Trinajstić information content (AvgIpc) is 2.88. The van der Waals surface area contributed by atoms with Gasteiger partial charge in [-0.25, -0.2) is 9.37 Å². The van der Waals surface area contributed by atoms with Crippen LogP contribution < -0.4 is 5.73 Å². The predicted molar refractivity (Wildman–Crippen MR) is 74.2 cm³/mol. The summed E-state index contributed by atoms with van der Waals surface area (Å²) in [7, 11) is 0. The summed E-state index contributed by atoms with van der Waals surface area (Å²) < 4.78 is 15.8. The first-order valence-corrected chi connectivity index (χ1v) is 7.12. The third kappa shape index (κ3) is 1.86. The lowest BCUT2D eigenvalue weighted by molar-refractivity contribution is 0.522. The van der Waals surface area contributed by atoms with Gasteiger partial charge in [-0.15, -0.1) is 0 Å². The fraction of sp³-hybridized carbons (Fsp3) is 0.462. The zero-order valence-corrected chi connectivity index (χ0v) is 11.1. The van der Waals surface area contributed by atoms with Crippen molar-refractivity contribution in [2.24, 2.45) is 0 Å². The Morgan fingerprint density at radius 1 is 1.56 bits per heavy atom. The molecule has 1 aromatic carbocycles. The first-order valence-electron chi connectivity index (χ1n) is 6.13. The molecule has 2 aromatic rings. The molecular weight excluding hydrogens is 249 g/mol. The van der Waals surface area contributed by atoms with Gasteiger partial charge in [-0.3, -0.25) is 0 Å². The number of hydrogen-bond donors (Lipinski definition) is 1. The molecule has 1 aliphatic rings. The topological polar surface area (TPSA) is 43.8 Å². The molecule has 0 aliphatic carbocycles. The molecule has 1 saturated heterocycles. The predicted octanol–water partition coefficient (Wildman–Crippen LogP) is 3.04. The summed E-state index contributed by atoms with van der Waals surface area (Å²) in [6.07, 6.45) is 2.41. The molecule has 1 unspecified atom stereocenters. The van der Waals surface area contributed by atoms with Gasteiger partial charge in [-0.1, -0.05) is 6.07 Å². The quantitative estimate of drug-likeness (QED) is 0.907. The van der Waals surface area contributed by atoms with Crippen LogP contribution in [-0.4, -0.2) is 20.1 Å².